The molecule has 1 fully saturated rings. The number of rotatable bonds is 4. The molecule has 4 nitrogen and oxygen atoms in total. The first-order valence-corrected chi connectivity index (χ1v) is 8.12. The topological polar surface area (TPSA) is 42.4 Å². The number of thiazole rings is 1. The minimum absolute atomic E-state index is 0.208. The fourth-order valence-electron chi connectivity index (χ4n) is 2.40. The fraction of sp³-hybridized carbons (Fsp3) is 0.733. The summed E-state index contributed by atoms with van der Waals surface area (Å²) in [6.07, 6.45) is 0. The van der Waals surface area contributed by atoms with E-state index in [4.69, 9.17) is 4.74 Å². The van der Waals surface area contributed by atoms with Crippen molar-refractivity contribution >= 4 is 22.4 Å². The molecule has 2 heterocycles. The molecule has 0 saturated carbocycles. The quantitative estimate of drug-likeness (QED) is 0.801. The molecular formula is C15H24N2O2S. The van der Waals surface area contributed by atoms with E-state index in [1.54, 1.807) is 11.3 Å². The number of ether oxygens (including phenoxy) is 1. The summed E-state index contributed by atoms with van der Waals surface area (Å²) in [5.74, 6) is 1.18. The molecule has 0 bridgehead atoms. The maximum absolute atomic E-state index is 12.0. The Labute approximate surface area is 125 Å². The predicted molar refractivity (Wildman–Crippen MR) is 82.3 cm³/mol. The summed E-state index contributed by atoms with van der Waals surface area (Å²) in [7, 11) is 0. The smallest absolute Gasteiger partial charge is 0.317 e. The van der Waals surface area contributed by atoms with Crippen molar-refractivity contribution in [2.75, 3.05) is 24.6 Å². The van der Waals surface area contributed by atoms with Crippen LogP contribution >= 0.6 is 11.3 Å². The Morgan fingerprint density at radius 3 is 2.60 bits per heavy atom. The van der Waals surface area contributed by atoms with Crippen molar-refractivity contribution in [1.29, 1.82) is 0 Å². The summed E-state index contributed by atoms with van der Waals surface area (Å²) in [5, 5.41) is 3.01. The third-order valence-corrected chi connectivity index (χ3v) is 5.08. The molecule has 1 aromatic heterocycles. The van der Waals surface area contributed by atoms with Gasteiger partial charge in [-0.05, 0) is 32.6 Å². The second-order valence-corrected chi connectivity index (χ2v) is 7.06. The molecule has 5 heteroatoms. The van der Waals surface area contributed by atoms with Crippen LogP contribution in [0.3, 0.4) is 0 Å². The van der Waals surface area contributed by atoms with Gasteiger partial charge in [-0.25, -0.2) is 4.98 Å². The lowest BCUT2D eigenvalue weighted by Crippen LogP contribution is -2.31. The van der Waals surface area contributed by atoms with Crippen molar-refractivity contribution in [3.63, 3.8) is 0 Å². The van der Waals surface area contributed by atoms with E-state index < -0.39 is 5.41 Å². The van der Waals surface area contributed by atoms with Crippen LogP contribution in [0.2, 0.25) is 0 Å². The number of carbonyl (C=O) groups excluding carboxylic acids is 1. The molecule has 0 aliphatic carbocycles. The fourth-order valence-corrected chi connectivity index (χ4v) is 3.41. The van der Waals surface area contributed by atoms with Crippen LogP contribution in [-0.2, 0) is 14.9 Å². The summed E-state index contributed by atoms with van der Waals surface area (Å²) in [5.41, 5.74) is 0.130. The van der Waals surface area contributed by atoms with Gasteiger partial charge in [0, 0.05) is 18.5 Å². The average molecular weight is 296 g/mol. The van der Waals surface area contributed by atoms with Crippen LogP contribution in [0.1, 0.15) is 40.3 Å². The highest BCUT2D eigenvalue weighted by Gasteiger charge is 2.35. The molecule has 20 heavy (non-hydrogen) atoms. The third kappa shape index (κ3) is 2.82. The minimum atomic E-state index is -0.679. The van der Waals surface area contributed by atoms with Crippen molar-refractivity contribution in [3.8, 4) is 0 Å². The first kappa shape index (κ1) is 15.3. The van der Waals surface area contributed by atoms with Gasteiger partial charge in [-0.2, -0.15) is 0 Å². The van der Waals surface area contributed by atoms with Gasteiger partial charge in [0.2, 0.25) is 0 Å². The van der Waals surface area contributed by atoms with Gasteiger partial charge >= 0.3 is 5.97 Å². The van der Waals surface area contributed by atoms with Crippen LogP contribution in [0.5, 0.6) is 0 Å². The van der Waals surface area contributed by atoms with Gasteiger partial charge in [-0.15, -0.1) is 11.3 Å². The molecule has 0 spiro atoms. The zero-order valence-corrected chi connectivity index (χ0v) is 13.8. The van der Waals surface area contributed by atoms with E-state index in [9.17, 15) is 4.79 Å². The van der Waals surface area contributed by atoms with Gasteiger partial charge in [0.05, 0.1) is 12.3 Å². The number of carbonyl (C=O) groups is 1. The summed E-state index contributed by atoms with van der Waals surface area (Å²) in [6, 6.07) is 0. The zero-order chi connectivity index (χ0) is 14.9. The molecule has 2 atom stereocenters. The summed E-state index contributed by atoms with van der Waals surface area (Å²) in [6.45, 7) is 12.6. The average Bonchev–Trinajstić information content (AvgIpc) is 2.98. The molecule has 0 amide bonds. The molecule has 1 saturated heterocycles. The van der Waals surface area contributed by atoms with Crippen LogP contribution < -0.4 is 4.90 Å². The van der Waals surface area contributed by atoms with Gasteiger partial charge in [0.15, 0.2) is 5.13 Å². The standard InChI is InChI=1S/C15H24N2O2S/c1-6-19-13(18)15(4,5)12-9-20-14(16-12)17-7-10(2)11(3)8-17/h9-11H,6-8H2,1-5H3. The number of esters is 1. The Kier molecular flexibility index (Phi) is 4.37. The van der Waals surface area contributed by atoms with Crippen LogP contribution in [0, 0.1) is 11.8 Å². The molecule has 2 unspecified atom stereocenters. The normalized spacial score (nSPS) is 23.1. The summed E-state index contributed by atoms with van der Waals surface area (Å²) >= 11 is 1.62. The lowest BCUT2D eigenvalue weighted by Gasteiger charge is -2.20. The van der Waals surface area contributed by atoms with Crippen LogP contribution in [0.25, 0.3) is 0 Å². The highest BCUT2D eigenvalue weighted by Crippen LogP contribution is 2.33. The van der Waals surface area contributed by atoms with Crippen LogP contribution in [0.4, 0.5) is 5.13 Å². The highest BCUT2D eigenvalue weighted by molar-refractivity contribution is 7.13. The maximum Gasteiger partial charge on any atom is 0.317 e. The predicted octanol–water partition coefficient (Wildman–Crippen LogP) is 3.08. The number of hydrogen-bond acceptors (Lipinski definition) is 5. The number of hydrogen-bond donors (Lipinski definition) is 0. The Bertz CT molecular complexity index is 474. The van der Waals surface area contributed by atoms with Gasteiger partial charge in [0.25, 0.3) is 0 Å². The molecule has 2 rings (SSSR count). The Balaban J connectivity index is 2.15. The van der Waals surface area contributed by atoms with Crippen LogP contribution in [0.15, 0.2) is 5.38 Å². The number of nitrogens with zero attached hydrogens (tertiary/aromatic N) is 2. The van der Waals surface area contributed by atoms with E-state index in [-0.39, 0.29) is 5.97 Å². The summed E-state index contributed by atoms with van der Waals surface area (Å²) < 4.78 is 5.14. The van der Waals surface area contributed by atoms with Crippen molar-refractivity contribution < 1.29 is 9.53 Å². The Morgan fingerprint density at radius 2 is 2.05 bits per heavy atom. The second-order valence-electron chi connectivity index (χ2n) is 6.22. The Morgan fingerprint density at radius 1 is 1.45 bits per heavy atom. The molecule has 0 N–H and O–H groups in total. The van der Waals surface area contributed by atoms with Crippen molar-refractivity contribution in [1.82, 2.24) is 4.98 Å². The first-order valence-electron chi connectivity index (χ1n) is 7.24. The molecule has 112 valence electrons. The third-order valence-electron chi connectivity index (χ3n) is 4.18. The molecule has 0 aromatic carbocycles. The molecule has 1 aliphatic rings. The molecular weight excluding hydrogens is 272 g/mol. The molecule has 1 aromatic rings. The van der Waals surface area contributed by atoms with E-state index >= 15 is 0 Å². The SMILES string of the molecule is CCOC(=O)C(C)(C)c1csc(N2CC(C)C(C)C2)n1. The van der Waals surface area contributed by atoms with E-state index in [0.717, 1.165) is 23.9 Å². The first-order chi connectivity index (χ1) is 9.36. The largest absolute Gasteiger partial charge is 0.465 e. The van der Waals surface area contributed by atoms with Gasteiger partial charge in [-0.1, -0.05) is 13.8 Å². The van der Waals surface area contributed by atoms with E-state index in [0.29, 0.717) is 18.4 Å². The van der Waals surface area contributed by atoms with E-state index in [2.05, 4.69) is 23.7 Å². The number of anilines is 1. The highest BCUT2D eigenvalue weighted by atomic mass is 32.1. The molecule has 1 aliphatic heterocycles. The van der Waals surface area contributed by atoms with Gasteiger partial charge < -0.3 is 9.64 Å². The molecule has 0 radical (unpaired) electrons. The van der Waals surface area contributed by atoms with Crippen molar-refractivity contribution in [3.05, 3.63) is 11.1 Å². The lowest BCUT2D eigenvalue weighted by atomic mass is 9.90. The maximum atomic E-state index is 12.0. The minimum Gasteiger partial charge on any atom is -0.465 e. The monoisotopic (exact) mass is 296 g/mol. The van der Waals surface area contributed by atoms with E-state index in [1.807, 2.05) is 26.2 Å². The van der Waals surface area contributed by atoms with Crippen LogP contribution in [-0.4, -0.2) is 30.6 Å². The van der Waals surface area contributed by atoms with E-state index in [1.165, 1.54) is 0 Å². The lowest BCUT2D eigenvalue weighted by molar-refractivity contribution is -0.148. The van der Waals surface area contributed by atoms with Gasteiger partial charge in [-0.3, -0.25) is 4.79 Å². The second kappa shape index (κ2) is 5.72. The van der Waals surface area contributed by atoms with Crippen molar-refractivity contribution in [2.45, 2.75) is 40.0 Å². The van der Waals surface area contributed by atoms with Crippen molar-refractivity contribution in [2.24, 2.45) is 11.8 Å². The Hall–Kier alpha value is -1.10. The zero-order valence-electron chi connectivity index (χ0n) is 13.0. The van der Waals surface area contributed by atoms with Gasteiger partial charge in [0.1, 0.15) is 5.41 Å². The number of aromatic nitrogens is 1. The summed E-state index contributed by atoms with van der Waals surface area (Å²) in [4.78, 5) is 19.0.